The number of nitrogens with one attached hydrogen (secondary N) is 1. The third-order valence-corrected chi connectivity index (χ3v) is 3.26. The number of phenolic OH excluding ortho intramolecular Hbond substituents is 1. The Hall–Kier alpha value is -1.02. The van der Waals surface area contributed by atoms with Crippen LogP contribution in [0.25, 0.3) is 0 Å². The predicted molar refractivity (Wildman–Crippen MR) is 68.6 cm³/mol. The fourth-order valence-electron chi connectivity index (χ4n) is 1.80. The van der Waals surface area contributed by atoms with E-state index in [1.54, 1.807) is 12.1 Å². The monoisotopic (exact) mass is 221 g/mol. The van der Waals surface area contributed by atoms with Gasteiger partial charge >= 0.3 is 0 Å². The molecule has 0 bridgehead atoms. The summed E-state index contributed by atoms with van der Waals surface area (Å²) in [5.74, 6) is 1.09. The normalized spacial score (nSPS) is 13.0. The number of hydrogen-bond acceptors (Lipinski definition) is 2. The molecule has 0 aliphatic rings. The van der Waals surface area contributed by atoms with Gasteiger partial charge in [-0.1, -0.05) is 38.8 Å². The van der Waals surface area contributed by atoms with Gasteiger partial charge in [0.25, 0.3) is 0 Å². The number of benzene rings is 1. The Morgan fingerprint density at radius 2 is 1.69 bits per heavy atom. The number of rotatable bonds is 6. The van der Waals surface area contributed by atoms with Crippen LogP contribution in [-0.4, -0.2) is 11.7 Å². The van der Waals surface area contributed by atoms with Gasteiger partial charge in [0.05, 0.1) is 0 Å². The summed E-state index contributed by atoms with van der Waals surface area (Å²) in [7, 11) is 0. The number of hydrogen-bond donors (Lipinski definition) is 2. The lowest BCUT2D eigenvalue weighted by molar-refractivity contribution is 0.422. The van der Waals surface area contributed by atoms with E-state index in [1.165, 1.54) is 18.4 Å². The maximum Gasteiger partial charge on any atom is 0.115 e. The van der Waals surface area contributed by atoms with Gasteiger partial charge in [-0.25, -0.2) is 0 Å². The van der Waals surface area contributed by atoms with Gasteiger partial charge in [0.1, 0.15) is 5.75 Å². The lowest BCUT2D eigenvalue weighted by Crippen LogP contribution is -2.25. The molecule has 16 heavy (non-hydrogen) atoms. The van der Waals surface area contributed by atoms with Crippen molar-refractivity contribution < 1.29 is 5.11 Å². The van der Waals surface area contributed by atoms with Gasteiger partial charge in [0.2, 0.25) is 0 Å². The van der Waals surface area contributed by atoms with Crippen molar-refractivity contribution in [1.29, 1.82) is 0 Å². The molecular weight excluding hydrogens is 198 g/mol. The van der Waals surface area contributed by atoms with Gasteiger partial charge in [-0.3, -0.25) is 0 Å². The second kappa shape index (κ2) is 6.54. The molecule has 0 saturated carbocycles. The zero-order valence-corrected chi connectivity index (χ0v) is 10.5. The van der Waals surface area contributed by atoms with Crippen molar-refractivity contribution in [3.8, 4) is 5.75 Å². The minimum absolute atomic E-state index is 0.330. The average Bonchev–Trinajstić information content (AvgIpc) is 2.31. The molecule has 0 saturated heterocycles. The third kappa shape index (κ3) is 3.86. The minimum Gasteiger partial charge on any atom is -0.508 e. The standard InChI is InChI=1S/C14H23NO/c1-4-12(5-2)10-15-11(3)13-6-8-14(16)9-7-13/h6-9,11-12,15-16H,4-5,10H2,1-3H3. The fraction of sp³-hybridized carbons (Fsp3) is 0.571. The fourth-order valence-corrected chi connectivity index (χ4v) is 1.80. The Morgan fingerprint density at radius 1 is 1.12 bits per heavy atom. The Morgan fingerprint density at radius 3 is 2.19 bits per heavy atom. The van der Waals surface area contributed by atoms with Crippen LogP contribution < -0.4 is 5.32 Å². The maximum atomic E-state index is 9.21. The first-order valence-corrected chi connectivity index (χ1v) is 6.19. The molecular formula is C14H23NO. The summed E-state index contributed by atoms with van der Waals surface area (Å²) in [5.41, 5.74) is 1.23. The highest BCUT2D eigenvalue weighted by molar-refractivity contribution is 5.27. The lowest BCUT2D eigenvalue weighted by atomic mass is 10.0. The Labute approximate surface area is 98.7 Å². The summed E-state index contributed by atoms with van der Waals surface area (Å²) in [4.78, 5) is 0. The first kappa shape index (κ1) is 13.0. The third-order valence-electron chi connectivity index (χ3n) is 3.26. The van der Waals surface area contributed by atoms with E-state index in [-0.39, 0.29) is 0 Å². The second-order valence-corrected chi connectivity index (χ2v) is 4.40. The van der Waals surface area contributed by atoms with Gasteiger partial charge in [-0.05, 0) is 37.1 Å². The topological polar surface area (TPSA) is 32.3 Å². The van der Waals surface area contributed by atoms with Crippen molar-refractivity contribution in [2.75, 3.05) is 6.54 Å². The highest BCUT2D eigenvalue weighted by Gasteiger charge is 2.08. The summed E-state index contributed by atoms with van der Waals surface area (Å²) in [5, 5.41) is 12.8. The van der Waals surface area contributed by atoms with E-state index < -0.39 is 0 Å². The van der Waals surface area contributed by atoms with E-state index >= 15 is 0 Å². The zero-order valence-electron chi connectivity index (χ0n) is 10.5. The largest absolute Gasteiger partial charge is 0.508 e. The summed E-state index contributed by atoms with van der Waals surface area (Å²) in [6, 6.07) is 7.77. The summed E-state index contributed by atoms with van der Waals surface area (Å²) >= 11 is 0. The van der Waals surface area contributed by atoms with E-state index in [0.717, 1.165) is 12.5 Å². The Kier molecular flexibility index (Phi) is 5.33. The quantitative estimate of drug-likeness (QED) is 0.771. The Bertz CT molecular complexity index is 290. The molecule has 1 atom stereocenters. The summed E-state index contributed by atoms with van der Waals surface area (Å²) < 4.78 is 0. The van der Waals surface area contributed by atoms with Crippen LogP contribution in [-0.2, 0) is 0 Å². The molecule has 2 N–H and O–H groups in total. The van der Waals surface area contributed by atoms with E-state index in [2.05, 4.69) is 26.1 Å². The van der Waals surface area contributed by atoms with Crippen LogP contribution in [0.5, 0.6) is 5.75 Å². The van der Waals surface area contributed by atoms with Crippen LogP contribution in [0, 0.1) is 5.92 Å². The summed E-state index contributed by atoms with van der Waals surface area (Å²) in [6.45, 7) is 7.70. The van der Waals surface area contributed by atoms with E-state index in [0.29, 0.717) is 11.8 Å². The predicted octanol–water partition coefficient (Wildman–Crippen LogP) is 3.48. The molecule has 0 amide bonds. The molecule has 0 aliphatic carbocycles. The number of phenols is 1. The number of aromatic hydroxyl groups is 1. The molecule has 2 nitrogen and oxygen atoms in total. The van der Waals surface area contributed by atoms with Crippen molar-refractivity contribution in [1.82, 2.24) is 5.32 Å². The van der Waals surface area contributed by atoms with Crippen LogP contribution in [0.1, 0.15) is 45.2 Å². The molecule has 1 unspecified atom stereocenters. The van der Waals surface area contributed by atoms with E-state index in [9.17, 15) is 5.11 Å². The molecule has 1 rings (SSSR count). The minimum atomic E-state index is 0.330. The van der Waals surface area contributed by atoms with Crippen LogP contribution >= 0.6 is 0 Å². The van der Waals surface area contributed by atoms with Crippen LogP contribution in [0.2, 0.25) is 0 Å². The molecule has 1 aromatic carbocycles. The van der Waals surface area contributed by atoms with E-state index in [4.69, 9.17) is 0 Å². The molecule has 90 valence electrons. The molecule has 0 fully saturated rings. The van der Waals surface area contributed by atoms with Crippen LogP contribution in [0.3, 0.4) is 0 Å². The molecule has 2 heteroatoms. The van der Waals surface area contributed by atoms with Gasteiger partial charge < -0.3 is 10.4 Å². The zero-order chi connectivity index (χ0) is 12.0. The average molecular weight is 221 g/mol. The Balaban J connectivity index is 2.46. The van der Waals surface area contributed by atoms with Gasteiger partial charge in [-0.15, -0.1) is 0 Å². The van der Waals surface area contributed by atoms with Crippen molar-refractivity contribution in [2.24, 2.45) is 5.92 Å². The highest BCUT2D eigenvalue weighted by Crippen LogP contribution is 2.17. The second-order valence-electron chi connectivity index (χ2n) is 4.40. The molecule has 1 aromatic rings. The SMILES string of the molecule is CCC(CC)CNC(C)c1ccc(O)cc1. The van der Waals surface area contributed by atoms with Gasteiger partial charge in [0, 0.05) is 6.04 Å². The van der Waals surface area contributed by atoms with Crippen molar-refractivity contribution >= 4 is 0 Å². The first-order chi connectivity index (χ1) is 7.67. The first-order valence-electron chi connectivity index (χ1n) is 6.19. The van der Waals surface area contributed by atoms with Gasteiger partial charge in [-0.2, -0.15) is 0 Å². The molecule has 0 spiro atoms. The molecule has 0 aromatic heterocycles. The molecule has 0 radical (unpaired) electrons. The molecule has 0 aliphatic heterocycles. The van der Waals surface area contributed by atoms with Crippen molar-refractivity contribution in [2.45, 2.75) is 39.7 Å². The maximum absolute atomic E-state index is 9.21. The lowest BCUT2D eigenvalue weighted by Gasteiger charge is -2.18. The van der Waals surface area contributed by atoms with Crippen molar-refractivity contribution in [3.63, 3.8) is 0 Å². The summed E-state index contributed by atoms with van der Waals surface area (Å²) in [6.07, 6.45) is 2.46. The smallest absolute Gasteiger partial charge is 0.115 e. The molecule has 0 heterocycles. The van der Waals surface area contributed by atoms with E-state index in [1.807, 2.05) is 12.1 Å². The van der Waals surface area contributed by atoms with Crippen LogP contribution in [0.4, 0.5) is 0 Å². The van der Waals surface area contributed by atoms with Crippen molar-refractivity contribution in [3.05, 3.63) is 29.8 Å². The van der Waals surface area contributed by atoms with Gasteiger partial charge in [0.15, 0.2) is 0 Å². The van der Waals surface area contributed by atoms with Crippen LogP contribution in [0.15, 0.2) is 24.3 Å². The highest BCUT2D eigenvalue weighted by atomic mass is 16.3.